The number of aliphatic hydroxyl groups is 1. The van der Waals surface area contributed by atoms with Gasteiger partial charge in [0.1, 0.15) is 33.4 Å². The van der Waals surface area contributed by atoms with E-state index in [1.165, 1.54) is 38.5 Å². The maximum Gasteiger partial charge on any atom is 0.362 e. The number of nitrogens with one attached hydrogen (secondary N) is 1. The number of hydrogen-bond acceptors (Lipinski definition) is 16. The minimum atomic E-state index is -1.67. The van der Waals surface area contributed by atoms with E-state index in [9.17, 15) is 33.9 Å². The van der Waals surface area contributed by atoms with Gasteiger partial charge in [0.15, 0.2) is 22.5 Å². The molecular formula is C37H49Cl2N3O12S2. The van der Waals surface area contributed by atoms with Crippen LogP contribution in [0.5, 0.6) is 0 Å². The predicted octanol–water partition coefficient (Wildman–Crippen LogP) is 6.85. The fraction of sp³-hybridized carbons (Fsp3) is 0.622. The molecule has 1 unspecified atom stereocenters. The lowest BCUT2D eigenvalue weighted by atomic mass is 9.96. The van der Waals surface area contributed by atoms with E-state index in [1.807, 2.05) is 20.8 Å². The van der Waals surface area contributed by atoms with Gasteiger partial charge in [0.05, 0.1) is 18.4 Å². The quantitative estimate of drug-likeness (QED) is 0.107. The molecule has 1 amide bonds. The fourth-order valence-electron chi connectivity index (χ4n) is 5.49. The number of nitrogens with zero attached hydrogens (tertiary/aromatic N) is 2. The van der Waals surface area contributed by atoms with Gasteiger partial charge in [-0.1, -0.05) is 20.8 Å². The summed E-state index contributed by atoms with van der Waals surface area (Å²) in [6.45, 7) is 12.7. The van der Waals surface area contributed by atoms with Gasteiger partial charge in [0.2, 0.25) is 11.7 Å². The van der Waals surface area contributed by atoms with Crippen LogP contribution in [-0.4, -0.2) is 79.0 Å². The van der Waals surface area contributed by atoms with Gasteiger partial charge in [-0.2, -0.15) is 0 Å². The second-order valence-electron chi connectivity index (χ2n) is 14.5. The van der Waals surface area contributed by atoms with E-state index >= 15 is 0 Å². The van der Waals surface area contributed by atoms with Crippen molar-refractivity contribution in [1.29, 1.82) is 0 Å². The number of cyclic esters (lactones) is 3. The zero-order chi connectivity index (χ0) is 42.0. The van der Waals surface area contributed by atoms with Crippen LogP contribution in [0.15, 0.2) is 17.0 Å². The number of carbonyl (C=O) groups is 6. The van der Waals surface area contributed by atoms with Crippen LogP contribution in [0.4, 0.5) is 0 Å². The molecule has 19 heteroatoms. The summed E-state index contributed by atoms with van der Waals surface area (Å²) in [6, 6.07) is -0.736. The van der Waals surface area contributed by atoms with Crippen LogP contribution in [0.2, 0.25) is 0 Å². The minimum absolute atomic E-state index is 0.0436. The van der Waals surface area contributed by atoms with Gasteiger partial charge in [0, 0.05) is 24.1 Å². The number of fused-ring (bicyclic) bond motifs is 4. The molecule has 4 bridgehead atoms. The van der Waals surface area contributed by atoms with Gasteiger partial charge in [-0.25, -0.2) is 19.6 Å². The largest absolute Gasteiger partial charge is 0.460 e. The van der Waals surface area contributed by atoms with Crippen LogP contribution in [-0.2, 0) is 42.9 Å². The Balaban J connectivity index is 2.05. The number of amides is 1. The highest BCUT2D eigenvalue weighted by molar-refractivity contribution is 7.11. The average molecular weight is 863 g/mol. The van der Waals surface area contributed by atoms with Crippen molar-refractivity contribution in [2.75, 3.05) is 0 Å². The van der Waals surface area contributed by atoms with Crippen LogP contribution in [0.25, 0.3) is 5.76 Å². The molecule has 0 fully saturated rings. The number of rotatable bonds is 15. The first-order valence-corrected chi connectivity index (χ1v) is 20.6. The first-order valence-electron chi connectivity index (χ1n) is 18.1. The number of carbonyl (C=O) groups excluding carboxylic acids is 6. The van der Waals surface area contributed by atoms with E-state index in [0.29, 0.717) is 25.7 Å². The summed E-state index contributed by atoms with van der Waals surface area (Å²) in [4.78, 5) is 87.1. The number of hydrogen-bond donors (Lipinski definition) is 2. The highest BCUT2D eigenvalue weighted by Gasteiger charge is 2.39. The van der Waals surface area contributed by atoms with Gasteiger partial charge in [-0.05, 0) is 65.7 Å². The first kappa shape index (κ1) is 46.7. The van der Waals surface area contributed by atoms with Crippen LogP contribution in [0, 0.1) is 11.8 Å². The van der Waals surface area contributed by atoms with Crippen LogP contribution >= 0.6 is 45.9 Å². The number of ether oxygens (including phenoxy) is 5. The van der Waals surface area contributed by atoms with Crippen molar-refractivity contribution in [3.8, 4) is 0 Å². The van der Waals surface area contributed by atoms with Gasteiger partial charge in [-0.15, -0.1) is 45.9 Å². The standard InChI is InChI=1S/C37H49Cl2N3O12S2/c1-9-11-28(44)40-22(14-19(2)3)26(51-21(5)43)15-29(45)52-27-16-50-34(47)23-17-56-32(42-23)30(36(6,7)49)54-33(46)20(4)25(12-10-13-37(8,38)39)53-35(48)24-18-55-31(27)41-24/h16-20,22,25-26,30,49H,9-15H2,1-8H3,(H,40,44)/b27-16-/t20-,22-,25-,26+,30?/m0/s1. The average Bonchev–Trinajstić information content (AvgIpc) is 3.77. The lowest BCUT2D eigenvalue weighted by Crippen LogP contribution is -2.46. The maximum atomic E-state index is 13.6. The fourth-order valence-corrected chi connectivity index (χ4v) is 7.48. The van der Waals surface area contributed by atoms with Crippen molar-refractivity contribution in [2.45, 2.75) is 135 Å². The van der Waals surface area contributed by atoms with Crippen molar-refractivity contribution in [1.82, 2.24) is 15.3 Å². The third-order valence-corrected chi connectivity index (χ3v) is 10.3. The van der Waals surface area contributed by atoms with E-state index < -0.39 is 76.5 Å². The number of aromatic nitrogens is 2. The Bertz CT molecular complexity index is 1750. The van der Waals surface area contributed by atoms with Gasteiger partial charge < -0.3 is 34.1 Å². The molecule has 1 aliphatic heterocycles. The second-order valence-corrected chi connectivity index (χ2v) is 18.2. The van der Waals surface area contributed by atoms with Crippen molar-refractivity contribution < 1.29 is 57.6 Å². The van der Waals surface area contributed by atoms with E-state index in [4.69, 9.17) is 46.9 Å². The zero-order valence-electron chi connectivity index (χ0n) is 32.6. The number of halogens is 2. The third-order valence-electron chi connectivity index (χ3n) is 8.23. The second kappa shape index (κ2) is 20.7. The molecule has 0 spiro atoms. The Hall–Kier alpha value is -3.64. The Kier molecular flexibility index (Phi) is 17.3. The van der Waals surface area contributed by atoms with Crippen molar-refractivity contribution in [3.63, 3.8) is 0 Å². The Morgan fingerprint density at radius 2 is 1.70 bits per heavy atom. The van der Waals surface area contributed by atoms with Gasteiger partial charge in [0.25, 0.3) is 0 Å². The molecule has 0 saturated heterocycles. The maximum absolute atomic E-state index is 13.6. The monoisotopic (exact) mass is 861 g/mol. The SMILES string of the molecule is CCCC(=O)N[C@@H](CC(C)C)[C@@H](CC(=O)O/C1=C\OC(=O)c2csc(n2)C(C(C)(C)O)OC(=O)[C@@H](C)[C@H](CCCC(C)(Cl)Cl)OC(=O)c2csc1n2)OC(C)=O. The normalized spacial score (nSPS) is 20.4. The number of thiazole rings is 2. The number of esters is 5. The highest BCUT2D eigenvalue weighted by Crippen LogP contribution is 2.35. The van der Waals surface area contributed by atoms with Crippen LogP contribution in [0.1, 0.15) is 137 Å². The van der Waals surface area contributed by atoms with Crippen molar-refractivity contribution >= 4 is 87.4 Å². The molecule has 5 atom stereocenters. The highest BCUT2D eigenvalue weighted by atomic mass is 35.5. The molecule has 2 N–H and O–H groups in total. The molecule has 2 aromatic rings. The predicted molar refractivity (Wildman–Crippen MR) is 208 cm³/mol. The molecule has 1 aliphatic rings. The molecule has 0 aromatic carbocycles. The summed E-state index contributed by atoms with van der Waals surface area (Å²) < 4.78 is 26.9. The molecule has 3 rings (SSSR count). The molecule has 0 radical (unpaired) electrons. The molecular weight excluding hydrogens is 813 g/mol. The molecule has 310 valence electrons. The Morgan fingerprint density at radius 1 is 1.04 bits per heavy atom. The van der Waals surface area contributed by atoms with Crippen molar-refractivity contribution in [2.24, 2.45) is 11.8 Å². The van der Waals surface area contributed by atoms with Gasteiger partial charge in [-0.3, -0.25) is 19.2 Å². The van der Waals surface area contributed by atoms with Crippen LogP contribution < -0.4 is 5.32 Å². The molecule has 2 aromatic heterocycles. The van der Waals surface area contributed by atoms with E-state index in [2.05, 4.69) is 15.3 Å². The zero-order valence-corrected chi connectivity index (χ0v) is 35.7. The summed E-state index contributed by atoms with van der Waals surface area (Å²) in [5.41, 5.74) is -2.11. The summed E-state index contributed by atoms with van der Waals surface area (Å²) >= 11 is 14.1. The molecule has 0 saturated carbocycles. The van der Waals surface area contributed by atoms with E-state index in [-0.39, 0.29) is 51.8 Å². The Morgan fingerprint density at radius 3 is 2.30 bits per heavy atom. The molecule has 3 heterocycles. The molecule has 56 heavy (non-hydrogen) atoms. The lowest BCUT2D eigenvalue weighted by Gasteiger charge is -2.30. The van der Waals surface area contributed by atoms with Gasteiger partial charge >= 0.3 is 29.8 Å². The summed E-state index contributed by atoms with van der Waals surface area (Å²) in [5, 5.41) is 16.5. The molecule has 15 nitrogen and oxygen atoms in total. The van der Waals surface area contributed by atoms with Crippen LogP contribution in [0.3, 0.4) is 0 Å². The topological polar surface area (TPSA) is 207 Å². The summed E-state index contributed by atoms with van der Waals surface area (Å²) in [6.07, 6.45) is -1.26. The minimum Gasteiger partial charge on any atom is -0.460 e. The lowest BCUT2D eigenvalue weighted by molar-refractivity contribution is -0.171. The summed E-state index contributed by atoms with van der Waals surface area (Å²) in [5.74, 6) is -6.07. The molecule has 0 aliphatic carbocycles. The van der Waals surface area contributed by atoms with E-state index in [0.717, 1.165) is 28.9 Å². The Labute approximate surface area is 343 Å². The summed E-state index contributed by atoms with van der Waals surface area (Å²) in [7, 11) is 0. The third kappa shape index (κ3) is 14.7. The first-order chi connectivity index (χ1) is 26.1. The number of alkyl halides is 2. The van der Waals surface area contributed by atoms with Crippen molar-refractivity contribution in [3.05, 3.63) is 38.4 Å². The van der Waals surface area contributed by atoms with E-state index in [1.54, 1.807) is 6.92 Å². The smallest absolute Gasteiger partial charge is 0.362 e.